The molecule has 1 fully saturated rings. The van der Waals surface area contributed by atoms with Crippen molar-refractivity contribution in [2.24, 2.45) is 0 Å². The van der Waals surface area contributed by atoms with E-state index in [1.807, 2.05) is 4.90 Å². The number of aromatic amines is 1. The molecule has 0 bridgehead atoms. The van der Waals surface area contributed by atoms with Gasteiger partial charge in [0.1, 0.15) is 5.69 Å². The van der Waals surface area contributed by atoms with Gasteiger partial charge >= 0.3 is 0 Å². The van der Waals surface area contributed by atoms with E-state index < -0.39 is 0 Å². The first-order valence-electron chi connectivity index (χ1n) is 7.63. The normalized spacial score (nSPS) is 18.1. The molecule has 23 heavy (non-hydrogen) atoms. The summed E-state index contributed by atoms with van der Waals surface area (Å²) in [6.45, 7) is 2.30. The van der Waals surface area contributed by atoms with Crippen LogP contribution in [0, 0.1) is 0 Å². The van der Waals surface area contributed by atoms with Gasteiger partial charge in [0, 0.05) is 44.4 Å². The molecule has 7 nitrogen and oxygen atoms in total. The molecule has 3 rings (SSSR count). The SMILES string of the molecule is COCCC1COCCN1C(=O)c1ccnc(-c2ncc[nH]2)c1. The highest BCUT2D eigenvalue weighted by Crippen LogP contribution is 2.18. The lowest BCUT2D eigenvalue weighted by molar-refractivity contribution is -0.0104. The number of amides is 1. The second-order valence-corrected chi connectivity index (χ2v) is 5.38. The van der Waals surface area contributed by atoms with Gasteiger partial charge in [0.05, 0.1) is 19.3 Å². The van der Waals surface area contributed by atoms with Crippen molar-refractivity contribution in [3.8, 4) is 11.5 Å². The van der Waals surface area contributed by atoms with Crippen molar-refractivity contribution < 1.29 is 14.3 Å². The van der Waals surface area contributed by atoms with Crippen LogP contribution >= 0.6 is 0 Å². The number of methoxy groups -OCH3 is 1. The van der Waals surface area contributed by atoms with E-state index in [-0.39, 0.29) is 11.9 Å². The third-order valence-corrected chi connectivity index (χ3v) is 3.89. The average molecular weight is 316 g/mol. The first kappa shape index (κ1) is 15.6. The lowest BCUT2D eigenvalue weighted by Gasteiger charge is -2.35. The summed E-state index contributed by atoms with van der Waals surface area (Å²) in [7, 11) is 1.66. The minimum Gasteiger partial charge on any atom is -0.385 e. The van der Waals surface area contributed by atoms with Gasteiger partial charge in [0.15, 0.2) is 5.82 Å². The fourth-order valence-electron chi connectivity index (χ4n) is 2.68. The van der Waals surface area contributed by atoms with Crippen LogP contribution in [0.4, 0.5) is 0 Å². The van der Waals surface area contributed by atoms with Crippen molar-refractivity contribution in [3.63, 3.8) is 0 Å². The van der Waals surface area contributed by atoms with Gasteiger partial charge in [0.2, 0.25) is 0 Å². The number of carbonyl (C=O) groups is 1. The van der Waals surface area contributed by atoms with Crippen LogP contribution in [0.25, 0.3) is 11.5 Å². The molecule has 2 aromatic heterocycles. The molecule has 2 aromatic rings. The zero-order valence-corrected chi connectivity index (χ0v) is 13.1. The van der Waals surface area contributed by atoms with Gasteiger partial charge in [-0.25, -0.2) is 4.98 Å². The molecule has 0 spiro atoms. The summed E-state index contributed by atoms with van der Waals surface area (Å²) in [5, 5.41) is 0. The quantitative estimate of drug-likeness (QED) is 0.900. The molecule has 0 aromatic carbocycles. The molecule has 0 radical (unpaired) electrons. The maximum atomic E-state index is 12.9. The number of aromatic nitrogens is 3. The summed E-state index contributed by atoms with van der Waals surface area (Å²) in [6.07, 6.45) is 5.79. The largest absolute Gasteiger partial charge is 0.385 e. The zero-order valence-electron chi connectivity index (χ0n) is 13.1. The number of carbonyl (C=O) groups excluding carboxylic acids is 1. The van der Waals surface area contributed by atoms with Gasteiger partial charge in [0.25, 0.3) is 5.91 Å². The van der Waals surface area contributed by atoms with E-state index in [0.29, 0.717) is 43.4 Å². The Morgan fingerprint density at radius 2 is 2.39 bits per heavy atom. The van der Waals surface area contributed by atoms with E-state index in [4.69, 9.17) is 9.47 Å². The monoisotopic (exact) mass is 316 g/mol. The number of imidazole rings is 1. The minimum absolute atomic E-state index is 0.00962. The van der Waals surface area contributed by atoms with Crippen molar-refractivity contribution in [3.05, 3.63) is 36.3 Å². The van der Waals surface area contributed by atoms with Crippen LogP contribution in [0.5, 0.6) is 0 Å². The maximum Gasteiger partial charge on any atom is 0.254 e. The summed E-state index contributed by atoms with van der Waals surface area (Å²) in [5.41, 5.74) is 1.26. The lowest BCUT2D eigenvalue weighted by Crippen LogP contribution is -2.49. The third kappa shape index (κ3) is 3.57. The third-order valence-electron chi connectivity index (χ3n) is 3.89. The summed E-state index contributed by atoms with van der Waals surface area (Å²) in [4.78, 5) is 26.2. The molecule has 1 aliphatic heterocycles. The second-order valence-electron chi connectivity index (χ2n) is 5.38. The lowest BCUT2D eigenvalue weighted by atomic mass is 10.1. The fraction of sp³-hybridized carbons (Fsp3) is 0.438. The van der Waals surface area contributed by atoms with Crippen LogP contribution in [-0.2, 0) is 9.47 Å². The molecule has 122 valence electrons. The molecule has 3 heterocycles. The Bertz CT molecular complexity index is 645. The highest BCUT2D eigenvalue weighted by atomic mass is 16.5. The predicted octanol–water partition coefficient (Wildman–Crippen LogP) is 1.35. The van der Waals surface area contributed by atoms with Crippen LogP contribution in [0.2, 0.25) is 0 Å². The number of rotatable bonds is 5. The first-order chi connectivity index (χ1) is 11.3. The number of ether oxygens (including phenoxy) is 2. The summed E-state index contributed by atoms with van der Waals surface area (Å²) in [5.74, 6) is 0.641. The number of nitrogens with one attached hydrogen (secondary N) is 1. The Balaban J connectivity index is 1.79. The molecule has 7 heteroatoms. The Labute approximate surface area is 134 Å². The van der Waals surface area contributed by atoms with Gasteiger partial charge in [-0.15, -0.1) is 0 Å². The van der Waals surface area contributed by atoms with E-state index >= 15 is 0 Å². The van der Waals surface area contributed by atoms with E-state index in [9.17, 15) is 4.79 Å². The summed E-state index contributed by atoms with van der Waals surface area (Å²) >= 11 is 0. The molecule has 1 aliphatic rings. The van der Waals surface area contributed by atoms with Crippen LogP contribution in [0.1, 0.15) is 16.8 Å². The van der Waals surface area contributed by atoms with E-state index in [1.165, 1.54) is 0 Å². The Kier molecular flexibility index (Phi) is 4.99. The molecule has 1 atom stereocenters. The predicted molar refractivity (Wildman–Crippen MR) is 84.0 cm³/mol. The van der Waals surface area contributed by atoms with Gasteiger partial charge in [-0.05, 0) is 18.6 Å². The Hall–Kier alpha value is -2.25. The second kappa shape index (κ2) is 7.34. The number of H-pyrrole nitrogens is 1. The molecule has 1 saturated heterocycles. The molecular weight excluding hydrogens is 296 g/mol. The van der Waals surface area contributed by atoms with Crippen molar-refractivity contribution >= 4 is 5.91 Å². The van der Waals surface area contributed by atoms with Crippen LogP contribution in [0.15, 0.2) is 30.7 Å². The highest BCUT2D eigenvalue weighted by Gasteiger charge is 2.28. The van der Waals surface area contributed by atoms with Crippen molar-refractivity contribution in [1.29, 1.82) is 0 Å². The number of morpholine rings is 1. The van der Waals surface area contributed by atoms with Gasteiger partial charge in [-0.2, -0.15) is 0 Å². The first-order valence-corrected chi connectivity index (χ1v) is 7.63. The number of nitrogens with zero attached hydrogens (tertiary/aromatic N) is 3. The topological polar surface area (TPSA) is 80.3 Å². The summed E-state index contributed by atoms with van der Waals surface area (Å²) in [6, 6.07) is 3.54. The van der Waals surface area contributed by atoms with E-state index in [0.717, 1.165) is 6.42 Å². The Morgan fingerprint density at radius 3 is 3.17 bits per heavy atom. The molecule has 1 amide bonds. The van der Waals surface area contributed by atoms with E-state index in [1.54, 1.807) is 37.8 Å². The van der Waals surface area contributed by atoms with Crippen LogP contribution in [-0.4, -0.2) is 65.3 Å². The van der Waals surface area contributed by atoms with Crippen molar-refractivity contribution in [1.82, 2.24) is 19.9 Å². The van der Waals surface area contributed by atoms with Crippen molar-refractivity contribution in [2.45, 2.75) is 12.5 Å². The molecule has 0 aliphatic carbocycles. The van der Waals surface area contributed by atoms with Crippen LogP contribution in [0.3, 0.4) is 0 Å². The minimum atomic E-state index is -0.00962. The van der Waals surface area contributed by atoms with Gasteiger partial charge in [-0.1, -0.05) is 0 Å². The fourth-order valence-corrected chi connectivity index (χ4v) is 2.68. The Morgan fingerprint density at radius 1 is 1.48 bits per heavy atom. The number of hydrogen-bond donors (Lipinski definition) is 1. The standard InChI is InChI=1S/C16H20N4O3/c1-22-8-3-13-11-23-9-7-20(13)16(21)12-2-4-17-14(10-12)15-18-5-6-19-15/h2,4-6,10,13H,3,7-9,11H2,1H3,(H,18,19). The summed E-state index contributed by atoms with van der Waals surface area (Å²) < 4.78 is 10.6. The molecule has 1 unspecified atom stereocenters. The van der Waals surface area contributed by atoms with E-state index in [2.05, 4.69) is 15.0 Å². The maximum absolute atomic E-state index is 12.9. The highest BCUT2D eigenvalue weighted by molar-refractivity contribution is 5.95. The smallest absolute Gasteiger partial charge is 0.254 e. The number of hydrogen-bond acceptors (Lipinski definition) is 5. The van der Waals surface area contributed by atoms with Crippen molar-refractivity contribution in [2.75, 3.05) is 33.5 Å². The average Bonchev–Trinajstić information content (AvgIpc) is 3.14. The molecule has 0 saturated carbocycles. The zero-order chi connectivity index (χ0) is 16.1. The number of pyridine rings is 1. The van der Waals surface area contributed by atoms with Crippen LogP contribution < -0.4 is 0 Å². The molecule has 1 N–H and O–H groups in total. The molecular formula is C16H20N4O3. The van der Waals surface area contributed by atoms with Gasteiger partial charge in [-0.3, -0.25) is 9.78 Å². The van der Waals surface area contributed by atoms with Gasteiger partial charge < -0.3 is 19.4 Å².